The van der Waals surface area contributed by atoms with Crippen LogP contribution in [0, 0.1) is 0 Å². The van der Waals surface area contributed by atoms with Crippen molar-refractivity contribution in [3.63, 3.8) is 0 Å². The molecule has 5 N–H and O–H groups in total. The highest BCUT2D eigenvalue weighted by atomic mass is 16.4. The summed E-state index contributed by atoms with van der Waals surface area (Å²) in [6.45, 7) is 0.820. The van der Waals surface area contributed by atoms with Crippen LogP contribution in [0.5, 0.6) is 5.75 Å². The van der Waals surface area contributed by atoms with Gasteiger partial charge in [0.2, 0.25) is 0 Å². The average Bonchev–Trinajstić information content (AvgIpc) is 2.38. The Bertz CT molecular complexity index is 591. The third-order valence-electron chi connectivity index (χ3n) is 3.86. The Morgan fingerprint density at radius 2 is 2.10 bits per heavy atom. The number of nitrogens with one attached hydrogen (secondary N) is 1. The molecule has 0 radical (unpaired) electrons. The number of carboxylic acid groups (broad SMARTS) is 1. The van der Waals surface area contributed by atoms with Crippen molar-refractivity contribution in [1.82, 2.24) is 4.90 Å². The molecule has 7 heteroatoms. The standard InChI is InChI=1S/C13H16N4O3/c14-11-10-8(2-1-3-9(10)18)15-13(16-11)4-6-17(7-5-13)12(19)20/h1-3,15,18H,4-7H2,(H2,14,16)(H,19,20). The lowest BCUT2D eigenvalue weighted by atomic mass is 9.94. The van der Waals surface area contributed by atoms with E-state index < -0.39 is 11.8 Å². The van der Waals surface area contributed by atoms with Gasteiger partial charge >= 0.3 is 6.09 Å². The number of phenolic OH excluding ortho intramolecular Hbond substituents is 1. The van der Waals surface area contributed by atoms with Crippen LogP contribution in [0.15, 0.2) is 23.2 Å². The number of phenols is 1. The maximum Gasteiger partial charge on any atom is 0.407 e. The number of aromatic hydroxyl groups is 1. The van der Waals surface area contributed by atoms with Crippen LogP contribution in [0.3, 0.4) is 0 Å². The lowest BCUT2D eigenvalue weighted by molar-refractivity contribution is 0.122. The summed E-state index contributed by atoms with van der Waals surface area (Å²) < 4.78 is 0. The van der Waals surface area contributed by atoms with E-state index in [9.17, 15) is 9.90 Å². The fourth-order valence-electron chi connectivity index (χ4n) is 2.78. The molecule has 3 rings (SSSR count). The molecule has 1 saturated heterocycles. The molecule has 0 aromatic heterocycles. The number of fused-ring (bicyclic) bond motifs is 1. The quantitative estimate of drug-likeness (QED) is 0.564. The Morgan fingerprint density at radius 3 is 2.75 bits per heavy atom. The lowest BCUT2D eigenvalue weighted by Crippen LogP contribution is -2.52. The van der Waals surface area contributed by atoms with Gasteiger partial charge in [0.1, 0.15) is 17.2 Å². The molecule has 1 aromatic carbocycles. The summed E-state index contributed by atoms with van der Waals surface area (Å²) in [5, 5.41) is 22.1. The van der Waals surface area contributed by atoms with E-state index in [4.69, 9.17) is 10.8 Å². The summed E-state index contributed by atoms with van der Waals surface area (Å²) in [4.78, 5) is 16.8. The van der Waals surface area contributed by atoms with Crippen molar-refractivity contribution in [3.05, 3.63) is 23.8 Å². The van der Waals surface area contributed by atoms with E-state index >= 15 is 0 Å². The molecule has 2 aliphatic heterocycles. The van der Waals surface area contributed by atoms with Crippen molar-refractivity contribution in [1.29, 1.82) is 0 Å². The van der Waals surface area contributed by atoms with Gasteiger partial charge in [-0.1, -0.05) is 6.07 Å². The van der Waals surface area contributed by atoms with E-state index in [1.807, 2.05) is 6.07 Å². The van der Waals surface area contributed by atoms with Crippen LogP contribution in [0.25, 0.3) is 0 Å². The van der Waals surface area contributed by atoms with Crippen molar-refractivity contribution >= 4 is 17.6 Å². The Labute approximate surface area is 115 Å². The Balaban J connectivity index is 1.89. The van der Waals surface area contributed by atoms with E-state index in [-0.39, 0.29) is 5.75 Å². The fourth-order valence-corrected chi connectivity index (χ4v) is 2.78. The predicted molar refractivity (Wildman–Crippen MR) is 74.0 cm³/mol. The minimum Gasteiger partial charge on any atom is -0.507 e. The molecule has 1 spiro atoms. The van der Waals surface area contributed by atoms with Gasteiger partial charge in [0, 0.05) is 25.9 Å². The van der Waals surface area contributed by atoms with Crippen LogP contribution in [0.1, 0.15) is 18.4 Å². The molecule has 1 aromatic rings. The second-order valence-corrected chi connectivity index (χ2v) is 5.12. The minimum atomic E-state index is -0.911. The topological polar surface area (TPSA) is 111 Å². The number of carbonyl (C=O) groups is 1. The molecule has 0 atom stereocenters. The van der Waals surface area contributed by atoms with Crippen molar-refractivity contribution < 1.29 is 15.0 Å². The highest BCUT2D eigenvalue weighted by Crippen LogP contribution is 2.36. The van der Waals surface area contributed by atoms with Gasteiger partial charge in [-0.25, -0.2) is 9.79 Å². The molecule has 0 unspecified atom stereocenters. The molecule has 20 heavy (non-hydrogen) atoms. The number of hydrogen-bond donors (Lipinski definition) is 4. The second-order valence-electron chi connectivity index (χ2n) is 5.12. The van der Waals surface area contributed by atoms with Gasteiger partial charge in [-0.3, -0.25) is 0 Å². The molecule has 1 amide bonds. The Kier molecular flexibility index (Phi) is 2.70. The molecule has 7 nitrogen and oxygen atoms in total. The summed E-state index contributed by atoms with van der Waals surface area (Å²) in [5.41, 5.74) is 6.64. The first-order chi connectivity index (χ1) is 9.51. The first-order valence-electron chi connectivity index (χ1n) is 6.44. The number of nitrogens with two attached hydrogens (primary N) is 1. The normalized spacial score (nSPS) is 20.0. The van der Waals surface area contributed by atoms with E-state index in [0.717, 1.165) is 5.69 Å². The summed E-state index contributed by atoms with van der Waals surface area (Å²) in [7, 11) is 0. The van der Waals surface area contributed by atoms with Gasteiger partial charge in [-0.15, -0.1) is 0 Å². The SMILES string of the molecule is NC1=NC2(CCN(C(=O)O)CC2)Nc2cccc(O)c21. The number of hydrogen-bond acceptors (Lipinski definition) is 5. The van der Waals surface area contributed by atoms with Gasteiger partial charge in [-0.2, -0.15) is 0 Å². The molecule has 0 saturated carbocycles. The maximum absolute atomic E-state index is 10.9. The van der Waals surface area contributed by atoms with Crippen molar-refractivity contribution in [2.24, 2.45) is 10.7 Å². The van der Waals surface area contributed by atoms with Crippen LogP contribution in [0.4, 0.5) is 10.5 Å². The number of piperidine rings is 1. The largest absolute Gasteiger partial charge is 0.507 e. The number of nitrogens with zero attached hydrogens (tertiary/aromatic N) is 2. The highest BCUT2D eigenvalue weighted by molar-refractivity contribution is 6.06. The minimum absolute atomic E-state index is 0.0917. The van der Waals surface area contributed by atoms with Crippen LogP contribution < -0.4 is 11.1 Å². The number of amides is 1. The zero-order valence-corrected chi connectivity index (χ0v) is 10.8. The molecule has 0 aliphatic carbocycles. The smallest absolute Gasteiger partial charge is 0.407 e. The molecule has 2 heterocycles. The van der Waals surface area contributed by atoms with Gasteiger partial charge in [0.25, 0.3) is 0 Å². The number of benzene rings is 1. The van der Waals surface area contributed by atoms with E-state index in [2.05, 4.69) is 10.3 Å². The van der Waals surface area contributed by atoms with Crippen molar-refractivity contribution in [2.45, 2.75) is 18.5 Å². The molecule has 1 fully saturated rings. The summed E-state index contributed by atoms with van der Waals surface area (Å²) in [5.74, 6) is 0.384. The van der Waals surface area contributed by atoms with Crippen molar-refractivity contribution in [3.8, 4) is 5.75 Å². The van der Waals surface area contributed by atoms with E-state index in [1.165, 1.54) is 4.90 Å². The third kappa shape index (κ3) is 1.91. The lowest BCUT2D eigenvalue weighted by Gasteiger charge is -2.42. The summed E-state index contributed by atoms with van der Waals surface area (Å²) in [6.07, 6.45) is 0.190. The molecule has 2 aliphatic rings. The second kappa shape index (κ2) is 4.29. The zero-order valence-electron chi connectivity index (χ0n) is 10.8. The van der Waals surface area contributed by atoms with Gasteiger partial charge < -0.3 is 26.2 Å². The number of amidine groups is 1. The fraction of sp³-hybridized carbons (Fsp3) is 0.385. The number of rotatable bonds is 0. The molecular formula is C13H16N4O3. The van der Waals surface area contributed by atoms with Crippen LogP contribution in [-0.2, 0) is 0 Å². The number of anilines is 1. The van der Waals surface area contributed by atoms with Gasteiger partial charge in [0.15, 0.2) is 0 Å². The molecule has 0 bridgehead atoms. The molecular weight excluding hydrogens is 260 g/mol. The maximum atomic E-state index is 10.9. The van der Waals surface area contributed by atoms with E-state index in [1.54, 1.807) is 12.1 Å². The average molecular weight is 276 g/mol. The van der Waals surface area contributed by atoms with Crippen molar-refractivity contribution in [2.75, 3.05) is 18.4 Å². The van der Waals surface area contributed by atoms with Gasteiger partial charge in [-0.05, 0) is 12.1 Å². The summed E-state index contributed by atoms with van der Waals surface area (Å²) >= 11 is 0. The predicted octanol–water partition coefficient (Wildman–Crippen LogP) is 0.993. The summed E-state index contributed by atoms with van der Waals surface area (Å²) in [6, 6.07) is 5.13. The van der Waals surface area contributed by atoms with Crippen LogP contribution in [-0.4, -0.2) is 45.8 Å². The molecule has 106 valence electrons. The third-order valence-corrected chi connectivity index (χ3v) is 3.86. The number of aliphatic imine (C=N–C) groups is 1. The Hall–Kier alpha value is -2.44. The van der Waals surface area contributed by atoms with E-state index in [0.29, 0.717) is 37.3 Å². The highest BCUT2D eigenvalue weighted by Gasteiger charge is 2.39. The monoisotopic (exact) mass is 276 g/mol. The van der Waals surface area contributed by atoms with Gasteiger partial charge in [0.05, 0.1) is 11.3 Å². The zero-order chi connectivity index (χ0) is 14.3. The van der Waals surface area contributed by atoms with Crippen LogP contribution in [0.2, 0.25) is 0 Å². The number of likely N-dealkylation sites (tertiary alicyclic amines) is 1. The Morgan fingerprint density at radius 1 is 1.40 bits per heavy atom. The van der Waals surface area contributed by atoms with Crippen LogP contribution >= 0.6 is 0 Å². The first-order valence-corrected chi connectivity index (χ1v) is 6.44. The first kappa shape index (κ1) is 12.6.